The smallest absolute Gasteiger partial charge is 0.264 e. The van der Waals surface area contributed by atoms with Gasteiger partial charge in [0, 0.05) is 24.1 Å². The predicted molar refractivity (Wildman–Crippen MR) is 126 cm³/mol. The molecule has 1 atom stereocenters. The number of rotatable bonds is 8. The van der Waals surface area contributed by atoms with Crippen molar-refractivity contribution >= 4 is 39.2 Å². The van der Waals surface area contributed by atoms with Gasteiger partial charge in [-0.05, 0) is 62.6 Å². The van der Waals surface area contributed by atoms with Gasteiger partial charge in [-0.2, -0.15) is 8.42 Å². The van der Waals surface area contributed by atoms with Gasteiger partial charge < -0.3 is 9.64 Å². The summed E-state index contributed by atoms with van der Waals surface area (Å²) < 4.78 is 33.7. The molecule has 9 heteroatoms. The van der Waals surface area contributed by atoms with Crippen molar-refractivity contribution < 1.29 is 22.1 Å². The minimum atomic E-state index is -3.57. The SMILES string of the molecule is CC(C)Oc1cccc(C(=O)N2CCC(CCOS(C)(=O)=O)(c3ccc(Cl)c(Cl)c3)C2)c1. The van der Waals surface area contributed by atoms with E-state index < -0.39 is 15.5 Å². The number of nitrogens with zero attached hydrogens (tertiary/aromatic N) is 1. The van der Waals surface area contributed by atoms with Crippen LogP contribution in [0.25, 0.3) is 0 Å². The maximum Gasteiger partial charge on any atom is 0.264 e. The third kappa shape index (κ3) is 6.16. The minimum absolute atomic E-state index is 0.00397. The lowest BCUT2D eigenvalue weighted by molar-refractivity contribution is 0.0779. The van der Waals surface area contributed by atoms with Crippen LogP contribution in [-0.2, 0) is 19.7 Å². The first-order valence-electron chi connectivity index (χ1n) is 10.3. The molecular weight excluding hydrogens is 473 g/mol. The molecule has 1 amide bonds. The highest BCUT2D eigenvalue weighted by molar-refractivity contribution is 7.85. The Morgan fingerprint density at radius 1 is 1.16 bits per heavy atom. The summed E-state index contributed by atoms with van der Waals surface area (Å²) in [5, 5.41) is 0.849. The Kier molecular flexibility index (Phi) is 7.76. The summed E-state index contributed by atoms with van der Waals surface area (Å²) in [6.45, 7) is 4.80. The fourth-order valence-electron chi connectivity index (χ4n) is 4.00. The maximum atomic E-state index is 13.3. The zero-order valence-corrected chi connectivity index (χ0v) is 20.6. The summed E-state index contributed by atoms with van der Waals surface area (Å²) in [5.41, 5.74) is 0.942. The van der Waals surface area contributed by atoms with Crippen molar-refractivity contribution in [2.45, 2.75) is 38.2 Å². The molecule has 0 aliphatic carbocycles. The average Bonchev–Trinajstić information content (AvgIpc) is 3.13. The van der Waals surface area contributed by atoms with Gasteiger partial charge in [-0.25, -0.2) is 0 Å². The number of carbonyl (C=O) groups excluding carboxylic acids is 1. The molecule has 32 heavy (non-hydrogen) atoms. The largest absolute Gasteiger partial charge is 0.491 e. The normalized spacial score (nSPS) is 18.9. The van der Waals surface area contributed by atoms with E-state index in [1.807, 2.05) is 26.0 Å². The van der Waals surface area contributed by atoms with Gasteiger partial charge in [0.15, 0.2) is 0 Å². The molecule has 0 saturated carbocycles. The second kappa shape index (κ2) is 10.00. The first kappa shape index (κ1) is 24.8. The molecule has 0 N–H and O–H groups in total. The van der Waals surface area contributed by atoms with Crippen LogP contribution in [-0.4, -0.2) is 51.3 Å². The van der Waals surface area contributed by atoms with Gasteiger partial charge >= 0.3 is 0 Å². The van der Waals surface area contributed by atoms with E-state index >= 15 is 0 Å². The summed E-state index contributed by atoms with van der Waals surface area (Å²) in [5.74, 6) is 0.535. The molecule has 2 aromatic rings. The summed E-state index contributed by atoms with van der Waals surface area (Å²) in [4.78, 5) is 15.0. The third-order valence-corrected chi connectivity index (χ3v) is 6.84. The van der Waals surface area contributed by atoms with Crippen LogP contribution in [0.1, 0.15) is 42.6 Å². The Balaban J connectivity index is 1.85. The lowest BCUT2D eigenvalue weighted by Crippen LogP contribution is -2.35. The number of hydrogen-bond acceptors (Lipinski definition) is 5. The Labute approximate surface area is 199 Å². The van der Waals surface area contributed by atoms with Crippen molar-refractivity contribution in [1.29, 1.82) is 0 Å². The first-order valence-corrected chi connectivity index (χ1v) is 12.9. The van der Waals surface area contributed by atoms with E-state index in [4.69, 9.17) is 32.1 Å². The monoisotopic (exact) mass is 499 g/mol. The number of hydrogen-bond donors (Lipinski definition) is 0. The van der Waals surface area contributed by atoms with Gasteiger partial charge in [-0.3, -0.25) is 8.98 Å². The zero-order valence-electron chi connectivity index (χ0n) is 18.3. The van der Waals surface area contributed by atoms with E-state index in [9.17, 15) is 13.2 Å². The highest BCUT2D eigenvalue weighted by Gasteiger charge is 2.41. The molecule has 1 fully saturated rings. The first-order chi connectivity index (χ1) is 15.0. The van der Waals surface area contributed by atoms with Gasteiger partial charge in [0.25, 0.3) is 16.0 Å². The molecule has 1 aliphatic rings. The van der Waals surface area contributed by atoms with Gasteiger partial charge in [0.1, 0.15) is 5.75 Å². The molecule has 0 bridgehead atoms. The molecule has 1 unspecified atom stereocenters. The molecular formula is C23H27Cl2NO5S. The minimum Gasteiger partial charge on any atom is -0.491 e. The van der Waals surface area contributed by atoms with Crippen molar-refractivity contribution in [2.24, 2.45) is 0 Å². The van der Waals surface area contributed by atoms with Crippen LogP contribution >= 0.6 is 23.2 Å². The third-order valence-electron chi connectivity index (χ3n) is 5.50. The number of ether oxygens (including phenoxy) is 1. The van der Waals surface area contributed by atoms with E-state index in [-0.39, 0.29) is 18.6 Å². The van der Waals surface area contributed by atoms with E-state index in [1.54, 1.807) is 35.2 Å². The second-order valence-corrected chi connectivity index (χ2v) is 10.8. The maximum absolute atomic E-state index is 13.3. The number of likely N-dealkylation sites (tertiary alicyclic amines) is 1. The standard InChI is InChI=1S/C23H27Cl2NO5S/c1-16(2)31-19-6-4-5-17(13-19)22(27)26-11-9-23(15-26,10-12-30-32(3,28)29)18-7-8-20(24)21(25)14-18/h4-8,13-14,16H,9-12,15H2,1-3H3. The number of amides is 1. The molecule has 0 radical (unpaired) electrons. The van der Waals surface area contributed by atoms with Crippen LogP contribution in [0.5, 0.6) is 5.75 Å². The Morgan fingerprint density at radius 3 is 2.56 bits per heavy atom. The molecule has 0 aromatic heterocycles. The van der Waals surface area contributed by atoms with Crippen molar-refractivity contribution in [3.63, 3.8) is 0 Å². The Morgan fingerprint density at radius 2 is 1.91 bits per heavy atom. The Bertz CT molecular complexity index is 1090. The topological polar surface area (TPSA) is 72.9 Å². The van der Waals surface area contributed by atoms with E-state index in [2.05, 4.69) is 0 Å². The van der Waals surface area contributed by atoms with Crippen molar-refractivity contribution in [3.05, 3.63) is 63.6 Å². The highest BCUT2D eigenvalue weighted by Crippen LogP contribution is 2.40. The molecule has 6 nitrogen and oxygen atoms in total. The van der Waals surface area contributed by atoms with Crippen LogP contribution < -0.4 is 4.74 Å². The number of benzene rings is 2. The van der Waals surface area contributed by atoms with Gasteiger partial charge in [-0.15, -0.1) is 0 Å². The van der Waals surface area contributed by atoms with Crippen LogP contribution in [0, 0.1) is 0 Å². The summed E-state index contributed by atoms with van der Waals surface area (Å²) >= 11 is 12.4. The van der Waals surface area contributed by atoms with E-state index in [0.29, 0.717) is 47.3 Å². The summed E-state index contributed by atoms with van der Waals surface area (Å²) in [7, 11) is -3.57. The molecule has 3 rings (SSSR count). The van der Waals surface area contributed by atoms with Gasteiger partial charge in [-0.1, -0.05) is 35.3 Å². The molecule has 1 saturated heterocycles. The molecule has 1 heterocycles. The molecule has 1 aliphatic heterocycles. The zero-order chi connectivity index (χ0) is 23.5. The van der Waals surface area contributed by atoms with Crippen molar-refractivity contribution in [3.8, 4) is 5.75 Å². The molecule has 0 spiro atoms. The predicted octanol–water partition coefficient (Wildman–Crippen LogP) is 4.93. The van der Waals surface area contributed by atoms with Crippen molar-refractivity contribution in [1.82, 2.24) is 4.90 Å². The fraction of sp³-hybridized carbons (Fsp3) is 0.435. The fourth-order valence-corrected chi connectivity index (χ4v) is 4.69. The quantitative estimate of drug-likeness (QED) is 0.481. The summed E-state index contributed by atoms with van der Waals surface area (Å²) in [6.07, 6.45) is 2.09. The van der Waals surface area contributed by atoms with E-state index in [1.165, 1.54) is 0 Å². The lowest BCUT2D eigenvalue weighted by Gasteiger charge is -2.30. The number of halogens is 2. The molecule has 174 valence electrons. The van der Waals surface area contributed by atoms with Crippen molar-refractivity contribution in [2.75, 3.05) is 26.0 Å². The van der Waals surface area contributed by atoms with Crippen LogP contribution in [0.3, 0.4) is 0 Å². The van der Waals surface area contributed by atoms with Crippen LogP contribution in [0.15, 0.2) is 42.5 Å². The van der Waals surface area contributed by atoms with Gasteiger partial charge in [0.05, 0.1) is 29.0 Å². The van der Waals surface area contributed by atoms with Crippen LogP contribution in [0.4, 0.5) is 0 Å². The van der Waals surface area contributed by atoms with E-state index in [0.717, 1.165) is 11.8 Å². The lowest BCUT2D eigenvalue weighted by atomic mass is 9.77. The average molecular weight is 500 g/mol. The summed E-state index contributed by atoms with van der Waals surface area (Å²) in [6, 6.07) is 12.5. The highest BCUT2D eigenvalue weighted by atomic mass is 35.5. The molecule has 2 aromatic carbocycles. The van der Waals surface area contributed by atoms with Gasteiger partial charge in [0.2, 0.25) is 0 Å². The Hall–Kier alpha value is -1.80. The second-order valence-electron chi connectivity index (χ2n) is 8.36. The number of carbonyl (C=O) groups is 1. The van der Waals surface area contributed by atoms with Crippen LogP contribution in [0.2, 0.25) is 10.0 Å².